The van der Waals surface area contributed by atoms with Crippen molar-refractivity contribution in [3.8, 4) is 0 Å². The first-order valence-corrected chi connectivity index (χ1v) is 10.8. The van der Waals surface area contributed by atoms with Crippen molar-refractivity contribution >= 4 is 23.9 Å². The molecule has 1 heterocycles. The van der Waals surface area contributed by atoms with Crippen molar-refractivity contribution in [3.63, 3.8) is 0 Å². The summed E-state index contributed by atoms with van der Waals surface area (Å²) in [6.45, 7) is 9.08. The Bertz CT molecular complexity index is 609. The molecule has 1 atom stereocenters. The van der Waals surface area contributed by atoms with Crippen LogP contribution in [0, 0.1) is 0 Å². The van der Waals surface area contributed by atoms with Crippen molar-refractivity contribution in [1.29, 1.82) is 0 Å². The fourth-order valence-electron chi connectivity index (χ4n) is 2.48. The molecule has 12 nitrogen and oxygen atoms in total. The second-order valence-corrected chi connectivity index (χ2v) is 8.04. The van der Waals surface area contributed by atoms with Gasteiger partial charge in [0.1, 0.15) is 11.6 Å². The number of hydrogen-bond donors (Lipinski definition) is 4. The molecule has 0 saturated carbocycles. The highest BCUT2D eigenvalue weighted by Gasteiger charge is 2.31. The second kappa shape index (κ2) is 15.4. The minimum Gasteiger partial charge on any atom is -0.444 e. The van der Waals surface area contributed by atoms with Crippen molar-refractivity contribution in [3.05, 3.63) is 0 Å². The van der Waals surface area contributed by atoms with Crippen LogP contribution in [0.1, 0.15) is 40.0 Å². The Balaban J connectivity index is 1.80. The highest BCUT2D eigenvalue weighted by atomic mass is 16.6. The average molecular weight is 461 g/mol. The van der Waals surface area contributed by atoms with E-state index in [0.717, 1.165) is 0 Å². The molecule has 32 heavy (non-hydrogen) atoms. The number of carbonyl (C=O) groups excluding carboxylic acids is 4. The van der Waals surface area contributed by atoms with Crippen LogP contribution in [0.15, 0.2) is 0 Å². The van der Waals surface area contributed by atoms with E-state index < -0.39 is 29.7 Å². The number of carbonyl (C=O) groups is 4. The van der Waals surface area contributed by atoms with Gasteiger partial charge < -0.3 is 34.9 Å². The summed E-state index contributed by atoms with van der Waals surface area (Å²) in [5.41, 5.74) is -0.505. The van der Waals surface area contributed by atoms with Crippen molar-refractivity contribution in [2.45, 2.75) is 51.7 Å². The maximum absolute atomic E-state index is 11.7. The van der Waals surface area contributed by atoms with Gasteiger partial charge in [-0.2, -0.15) is 0 Å². The van der Waals surface area contributed by atoms with E-state index in [9.17, 15) is 19.2 Å². The van der Waals surface area contributed by atoms with Crippen molar-refractivity contribution in [1.82, 2.24) is 21.3 Å². The predicted octanol–water partition coefficient (Wildman–Crippen LogP) is 0.0554. The molecule has 0 radical (unpaired) electrons. The molecule has 1 unspecified atom stereocenters. The summed E-state index contributed by atoms with van der Waals surface area (Å²) >= 11 is 0. The third-order valence-electron chi connectivity index (χ3n) is 3.91. The largest absolute Gasteiger partial charge is 0.444 e. The third kappa shape index (κ3) is 14.5. The quantitative estimate of drug-likeness (QED) is 0.186. The fourth-order valence-corrected chi connectivity index (χ4v) is 2.48. The van der Waals surface area contributed by atoms with E-state index in [1.807, 2.05) is 20.8 Å². The Morgan fingerprint density at radius 2 is 1.41 bits per heavy atom. The van der Waals surface area contributed by atoms with E-state index in [2.05, 4.69) is 21.3 Å². The van der Waals surface area contributed by atoms with Crippen molar-refractivity contribution < 1.29 is 38.1 Å². The minimum atomic E-state index is -0.811. The molecular formula is C20H36N4O8. The Kier molecular flexibility index (Phi) is 13.3. The summed E-state index contributed by atoms with van der Waals surface area (Å²) in [5.74, 6) is -0.801. The van der Waals surface area contributed by atoms with Crippen LogP contribution in [0.4, 0.5) is 9.59 Å². The summed E-state index contributed by atoms with van der Waals surface area (Å²) in [5, 5.41) is 9.78. The number of urea groups is 1. The first-order valence-electron chi connectivity index (χ1n) is 10.8. The topological polar surface area (TPSA) is 153 Å². The van der Waals surface area contributed by atoms with Crippen LogP contribution in [0.3, 0.4) is 0 Å². The van der Waals surface area contributed by atoms with Gasteiger partial charge in [-0.25, -0.2) is 9.59 Å². The third-order valence-corrected chi connectivity index (χ3v) is 3.91. The summed E-state index contributed by atoms with van der Waals surface area (Å²) in [7, 11) is 0. The molecule has 1 saturated heterocycles. The van der Waals surface area contributed by atoms with Crippen molar-refractivity contribution in [2.24, 2.45) is 0 Å². The molecule has 0 aromatic heterocycles. The molecule has 0 bridgehead atoms. The highest BCUT2D eigenvalue weighted by Crippen LogP contribution is 2.06. The Labute approximate surface area is 188 Å². The number of alkyl carbamates (subject to hydrolysis) is 1. The van der Waals surface area contributed by atoms with Crippen LogP contribution < -0.4 is 21.3 Å². The number of amides is 5. The van der Waals surface area contributed by atoms with E-state index in [1.54, 1.807) is 0 Å². The predicted molar refractivity (Wildman–Crippen MR) is 114 cm³/mol. The minimum absolute atomic E-state index is 0.0887. The molecular weight excluding hydrogens is 424 g/mol. The Hall–Kier alpha value is -2.44. The highest BCUT2D eigenvalue weighted by molar-refractivity contribution is 6.05. The van der Waals surface area contributed by atoms with Gasteiger partial charge in [0.05, 0.1) is 32.8 Å². The zero-order chi connectivity index (χ0) is 23.8. The first-order chi connectivity index (χ1) is 15.2. The van der Waals surface area contributed by atoms with E-state index >= 15 is 0 Å². The maximum Gasteiger partial charge on any atom is 0.407 e. The molecule has 0 aromatic carbocycles. The van der Waals surface area contributed by atoms with Gasteiger partial charge >= 0.3 is 12.1 Å². The zero-order valence-electron chi connectivity index (χ0n) is 19.1. The van der Waals surface area contributed by atoms with E-state index in [-0.39, 0.29) is 12.3 Å². The molecule has 5 amide bonds. The van der Waals surface area contributed by atoms with Gasteiger partial charge in [-0.15, -0.1) is 0 Å². The molecule has 0 aliphatic carbocycles. The van der Waals surface area contributed by atoms with Gasteiger partial charge in [0, 0.05) is 26.3 Å². The molecule has 1 rings (SSSR count). The molecule has 0 aromatic rings. The fraction of sp³-hybridized carbons (Fsp3) is 0.800. The Morgan fingerprint density at radius 1 is 0.875 bits per heavy atom. The van der Waals surface area contributed by atoms with E-state index in [1.165, 1.54) is 0 Å². The molecule has 184 valence electrons. The standard InChI is InChI=1S/C20H36N4O8/c1-20(2,3)32-19(28)22-7-5-9-30-11-13-31-12-10-29-8-4-6-21-16(25)14-15-17(26)24-18(27)23-15/h15H,4-14H2,1-3H3,(H,21,25)(H,22,28)(H2,23,24,26,27). The van der Waals surface area contributed by atoms with Crippen LogP contribution in [0.25, 0.3) is 0 Å². The molecule has 12 heteroatoms. The smallest absolute Gasteiger partial charge is 0.407 e. The van der Waals surface area contributed by atoms with Crippen LogP contribution in [0.5, 0.6) is 0 Å². The number of nitrogens with one attached hydrogen (secondary N) is 4. The van der Waals surface area contributed by atoms with Gasteiger partial charge in [-0.1, -0.05) is 0 Å². The van der Waals surface area contributed by atoms with E-state index in [4.69, 9.17) is 18.9 Å². The zero-order valence-corrected chi connectivity index (χ0v) is 19.1. The molecule has 1 aliphatic rings. The van der Waals surface area contributed by atoms with E-state index in [0.29, 0.717) is 65.6 Å². The molecule has 1 aliphatic heterocycles. The lowest BCUT2D eigenvalue weighted by atomic mass is 10.2. The monoisotopic (exact) mass is 460 g/mol. The van der Waals surface area contributed by atoms with Gasteiger partial charge in [-0.05, 0) is 33.6 Å². The van der Waals surface area contributed by atoms with Crippen LogP contribution in [-0.2, 0) is 28.5 Å². The first kappa shape index (κ1) is 27.6. The lowest BCUT2D eigenvalue weighted by Crippen LogP contribution is -2.36. The van der Waals surface area contributed by atoms with Gasteiger partial charge in [0.15, 0.2) is 0 Å². The number of hydrogen-bond acceptors (Lipinski definition) is 8. The molecule has 1 fully saturated rings. The summed E-state index contributed by atoms with van der Waals surface area (Å²) in [6.07, 6.45) is 0.780. The van der Waals surface area contributed by atoms with Gasteiger partial charge in [-0.3, -0.25) is 14.9 Å². The van der Waals surface area contributed by atoms with Gasteiger partial charge in [0.2, 0.25) is 5.91 Å². The normalized spacial score (nSPS) is 15.8. The maximum atomic E-state index is 11.7. The average Bonchev–Trinajstić information content (AvgIpc) is 3.00. The summed E-state index contributed by atoms with van der Waals surface area (Å²) in [4.78, 5) is 45.5. The molecule has 4 N–H and O–H groups in total. The molecule has 0 spiro atoms. The van der Waals surface area contributed by atoms with Crippen LogP contribution in [0.2, 0.25) is 0 Å². The lowest BCUT2D eigenvalue weighted by molar-refractivity contribution is -0.126. The SMILES string of the molecule is CC(C)(C)OC(=O)NCCCOCCOCCOCCCNC(=O)CC1NC(=O)NC1=O. The van der Waals surface area contributed by atoms with Crippen molar-refractivity contribution in [2.75, 3.05) is 52.7 Å². The Morgan fingerprint density at radius 3 is 1.91 bits per heavy atom. The summed E-state index contributed by atoms with van der Waals surface area (Å²) < 4.78 is 21.3. The number of imide groups is 1. The summed E-state index contributed by atoms with van der Waals surface area (Å²) in [6, 6.07) is -1.39. The number of rotatable bonds is 16. The van der Waals surface area contributed by atoms with Crippen LogP contribution in [-0.4, -0.2) is 88.3 Å². The number of ether oxygens (including phenoxy) is 4. The second-order valence-electron chi connectivity index (χ2n) is 8.04. The van der Waals surface area contributed by atoms with Crippen LogP contribution >= 0.6 is 0 Å². The van der Waals surface area contributed by atoms with Gasteiger partial charge in [0.25, 0.3) is 5.91 Å². The lowest BCUT2D eigenvalue weighted by Gasteiger charge is -2.19.